The van der Waals surface area contributed by atoms with Crippen LogP contribution in [0.3, 0.4) is 0 Å². The van der Waals surface area contributed by atoms with Crippen LogP contribution in [0.25, 0.3) is 0 Å². The van der Waals surface area contributed by atoms with Gasteiger partial charge in [-0.3, -0.25) is 4.98 Å². The summed E-state index contributed by atoms with van der Waals surface area (Å²) < 4.78 is 5.67. The second-order valence-corrected chi connectivity index (χ2v) is 5.72. The number of ether oxygens (including phenoxy) is 1. The molecular weight excluding hydrogens is 260 g/mol. The van der Waals surface area contributed by atoms with Gasteiger partial charge in [0, 0.05) is 6.54 Å². The molecule has 21 heavy (non-hydrogen) atoms. The van der Waals surface area contributed by atoms with Gasteiger partial charge in [0.1, 0.15) is 5.75 Å². The van der Waals surface area contributed by atoms with Crippen LogP contribution in [-0.2, 0) is 6.54 Å². The Kier molecular flexibility index (Phi) is 10.8. The van der Waals surface area contributed by atoms with E-state index in [1.807, 2.05) is 12.1 Å². The van der Waals surface area contributed by atoms with E-state index < -0.39 is 0 Å². The Morgan fingerprint density at radius 1 is 0.905 bits per heavy atom. The molecule has 0 fully saturated rings. The maximum absolute atomic E-state index is 5.67. The molecule has 0 aromatic carbocycles. The first-order valence-electron chi connectivity index (χ1n) is 8.64. The lowest BCUT2D eigenvalue weighted by Gasteiger charge is -2.06. The van der Waals surface area contributed by atoms with E-state index in [9.17, 15) is 0 Å². The number of aromatic nitrogens is 1. The third kappa shape index (κ3) is 9.46. The molecule has 1 aromatic heterocycles. The highest BCUT2D eigenvalue weighted by Crippen LogP contribution is 2.12. The first kappa shape index (κ1) is 18.0. The molecule has 0 aliphatic heterocycles. The minimum atomic E-state index is 0.485. The average Bonchev–Trinajstić information content (AvgIpc) is 2.53. The van der Waals surface area contributed by atoms with Crippen LogP contribution >= 0.6 is 0 Å². The third-order valence-corrected chi connectivity index (χ3v) is 3.77. The predicted molar refractivity (Wildman–Crippen MR) is 89.5 cm³/mol. The van der Waals surface area contributed by atoms with E-state index in [1.165, 1.54) is 57.8 Å². The van der Waals surface area contributed by atoms with Gasteiger partial charge in [-0.05, 0) is 18.6 Å². The van der Waals surface area contributed by atoms with Gasteiger partial charge in [-0.25, -0.2) is 0 Å². The molecule has 0 spiro atoms. The Hall–Kier alpha value is -1.09. The summed E-state index contributed by atoms with van der Waals surface area (Å²) in [5.41, 5.74) is 6.41. The van der Waals surface area contributed by atoms with Crippen molar-refractivity contribution < 1.29 is 4.74 Å². The fourth-order valence-corrected chi connectivity index (χ4v) is 2.40. The molecule has 3 nitrogen and oxygen atoms in total. The topological polar surface area (TPSA) is 48.1 Å². The van der Waals surface area contributed by atoms with Crippen LogP contribution in [0.15, 0.2) is 18.3 Å². The molecule has 0 saturated carbocycles. The molecule has 0 saturated heterocycles. The maximum atomic E-state index is 5.67. The third-order valence-electron chi connectivity index (χ3n) is 3.77. The van der Waals surface area contributed by atoms with Gasteiger partial charge in [-0.15, -0.1) is 0 Å². The summed E-state index contributed by atoms with van der Waals surface area (Å²) in [5.74, 6) is 0.850. The predicted octanol–water partition coefficient (Wildman–Crippen LogP) is 4.84. The number of unbranched alkanes of at least 4 members (excludes halogenated alkanes) is 9. The lowest BCUT2D eigenvalue weighted by Crippen LogP contribution is -2.01. The zero-order chi connectivity index (χ0) is 15.2. The van der Waals surface area contributed by atoms with E-state index in [0.29, 0.717) is 6.54 Å². The van der Waals surface area contributed by atoms with E-state index >= 15 is 0 Å². The number of nitrogens with zero attached hydrogens (tertiary/aromatic N) is 1. The lowest BCUT2D eigenvalue weighted by molar-refractivity contribution is 0.303. The molecule has 1 aromatic rings. The molecule has 2 N–H and O–H groups in total. The SMILES string of the molecule is CCCCCCCCCCCCOc1ccc(CN)nc1. The minimum Gasteiger partial charge on any atom is -0.492 e. The van der Waals surface area contributed by atoms with Gasteiger partial charge < -0.3 is 10.5 Å². The highest BCUT2D eigenvalue weighted by Gasteiger charge is 1.96. The van der Waals surface area contributed by atoms with Crippen molar-refractivity contribution in [2.75, 3.05) is 6.61 Å². The standard InChI is InChI=1S/C18H32N2O/c1-2-3-4-5-6-7-8-9-10-11-14-21-18-13-12-17(15-19)20-16-18/h12-13,16H,2-11,14-15,19H2,1H3. The molecular formula is C18H32N2O. The first-order chi connectivity index (χ1) is 10.4. The summed E-state index contributed by atoms with van der Waals surface area (Å²) in [6, 6.07) is 3.87. The lowest BCUT2D eigenvalue weighted by atomic mass is 10.1. The van der Waals surface area contributed by atoms with Crippen LogP contribution < -0.4 is 10.5 Å². The second-order valence-electron chi connectivity index (χ2n) is 5.72. The van der Waals surface area contributed by atoms with Crippen LogP contribution in [0.1, 0.15) is 76.8 Å². The van der Waals surface area contributed by atoms with Gasteiger partial charge >= 0.3 is 0 Å². The summed E-state index contributed by atoms with van der Waals surface area (Å²) in [4.78, 5) is 4.22. The summed E-state index contributed by atoms with van der Waals surface area (Å²) in [5, 5.41) is 0. The zero-order valence-corrected chi connectivity index (χ0v) is 13.7. The van der Waals surface area contributed by atoms with E-state index in [1.54, 1.807) is 6.20 Å². The van der Waals surface area contributed by atoms with Crippen LogP contribution in [0.2, 0.25) is 0 Å². The summed E-state index contributed by atoms with van der Waals surface area (Å²) in [6.07, 6.45) is 15.3. The summed E-state index contributed by atoms with van der Waals surface area (Å²) in [7, 11) is 0. The molecule has 1 rings (SSSR count). The van der Waals surface area contributed by atoms with Gasteiger partial charge in [-0.2, -0.15) is 0 Å². The summed E-state index contributed by atoms with van der Waals surface area (Å²) >= 11 is 0. The molecule has 120 valence electrons. The van der Waals surface area contributed by atoms with Crippen LogP contribution in [-0.4, -0.2) is 11.6 Å². The fraction of sp³-hybridized carbons (Fsp3) is 0.722. The van der Waals surface area contributed by atoms with Crippen LogP contribution in [0, 0.1) is 0 Å². The van der Waals surface area contributed by atoms with Crippen molar-refractivity contribution in [1.82, 2.24) is 4.98 Å². The van der Waals surface area contributed by atoms with Crippen molar-refractivity contribution in [2.45, 2.75) is 77.7 Å². The van der Waals surface area contributed by atoms with Gasteiger partial charge in [0.15, 0.2) is 0 Å². The number of nitrogens with two attached hydrogens (primary N) is 1. The molecule has 0 amide bonds. The van der Waals surface area contributed by atoms with Gasteiger partial charge in [-0.1, -0.05) is 64.7 Å². The zero-order valence-electron chi connectivity index (χ0n) is 13.7. The Bertz CT molecular complexity index is 338. The van der Waals surface area contributed by atoms with E-state index in [2.05, 4.69) is 11.9 Å². The van der Waals surface area contributed by atoms with Crippen molar-refractivity contribution in [1.29, 1.82) is 0 Å². The fourth-order valence-electron chi connectivity index (χ4n) is 2.40. The average molecular weight is 292 g/mol. The number of pyridine rings is 1. The molecule has 0 atom stereocenters. The van der Waals surface area contributed by atoms with Crippen LogP contribution in [0.4, 0.5) is 0 Å². The maximum Gasteiger partial charge on any atom is 0.137 e. The molecule has 0 radical (unpaired) electrons. The smallest absolute Gasteiger partial charge is 0.137 e. The molecule has 0 bridgehead atoms. The second kappa shape index (κ2) is 12.6. The highest BCUT2D eigenvalue weighted by atomic mass is 16.5. The van der Waals surface area contributed by atoms with Crippen molar-refractivity contribution in [3.8, 4) is 5.75 Å². The Labute approximate surface area is 130 Å². The monoisotopic (exact) mass is 292 g/mol. The first-order valence-corrected chi connectivity index (χ1v) is 8.64. The van der Waals surface area contributed by atoms with Gasteiger partial charge in [0.05, 0.1) is 18.5 Å². The molecule has 0 unspecified atom stereocenters. The van der Waals surface area contributed by atoms with E-state index in [-0.39, 0.29) is 0 Å². The minimum absolute atomic E-state index is 0.485. The highest BCUT2D eigenvalue weighted by molar-refractivity contribution is 5.19. The normalized spacial score (nSPS) is 10.8. The van der Waals surface area contributed by atoms with Crippen molar-refractivity contribution >= 4 is 0 Å². The Balaban J connectivity index is 1.88. The molecule has 0 aliphatic carbocycles. The van der Waals surface area contributed by atoms with Crippen molar-refractivity contribution in [3.63, 3.8) is 0 Å². The van der Waals surface area contributed by atoms with Crippen molar-refractivity contribution in [3.05, 3.63) is 24.0 Å². The number of hydrogen-bond acceptors (Lipinski definition) is 3. The largest absolute Gasteiger partial charge is 0.492 e. The summed E-state index contributed by atoms with van der Waals surface area (Å²) in [6.45, 7) is 3.55. The Morgan fingerprint density at radius 3 is 2.05 bits per heavy atom. The van der Waals surface area contributed by atoms with Gasteiger partial charge in [0.2, 0.25) is 0 Å². The Morgan fingerprint density at radius 2 is 1.52 bits per heavy atom. The van der Waals surface area contributed by atoms with Crippen molar-refractivity contribution in [2.24, 2.45) is 5.73 Å². The molecule has 3 heteroatoms. The molecule has 0 aliphatic rings. The van der Waals surface area contributed by atoms with Gasteiger partial charge in [0.25, 0.3) is 0 Å². The number of hydrogen-bond donors (Lipinski definition) is 1. The van der Waals surface area contributed by atoms with E-state index in [0.717, 1.165) is 24.5 Å². The van der Waals surface area contributed by atoms with E-state index in [4.69, 9.17) is 10.5 Å². The van der Waals surface area contributed by atoms with Crippen LogP contribution in [0.5, 0.6) is 5.75 Å². The quantitative estimate of drug-likeness (QED) is 0.529. The number of rotatable bonds is 13. The molecule has 1 heterocycles.